The van der Waals surface area contributed by atoms with Gasteiger partial charge in [-0.15, -0.1) is 0 Å². The van der Waals surface area contributed by atoms with Gasteiger partial charge in [-0.3, -0.25) is 4.79 Å². The lowest BCUT2D eigenvalue weighted by Gasteiger charge is -2.31. The molecule has 1 N–H and O–H groups in total. The third-order valence-corrected chi connectivity index (χ3v) is 4.22. The van der Waals surface area contributed by atoms with Crippen molar-refractivity contribution in [1.29, 1.82) is 0 Å². The van der Waals surface area contributed by atoms with E-state index in [-0.39, 0.29) is 5.91 Å². The highest BCUT2D eigenvalue weighted by Gasteiger charge is 2.45. The maximum Gasteiger partial charge on any atom is 0.276 e. The molecule has 0 saturated heterocycles. The molecule has 1 amide bonds. The van der Waals surface area contributed by atoms with Crippen LogP contribution in [0.3, 0.4) is 0 Å². The number of hydrazone groups is 1. The third-order valence-electron chi connectivity index (χ3n) is 4.22. The molecule has 124 valence electrons. The molecule has 1 heterocycles. The van der Waals surface area contributed by atoms with Crippen molar-refractivity contribution in [3.8, 4) is 5.75 Å². The molecule has 0 bridgehead atoms. The summed E-state index contributed by atoms with van der Waals surface area (Å²) in [7, 11) is 1.57. The van der Waals surface area contributed by atoms with Crippen LogP contribution in [0, 0.1) is 0 Å². The van der Waals surface area contributed by atoms with Gasteiger partial charge < -0.3 is 9.84 Å². The second-order valence-electron chi connectivity index (χ2n) is 5.72. The highest BCUT2D eigenvalue weighted by molar-refractivity contribution is 5.98. The minimum atomic E-state index is -1.45. The summed E-state index contributed by atoms with van der Waals surface area (Å²) in [5.74, 6) is 0.330. The zero-order chi connectivity index (χ0) is 17.2. The number of amides is 1. The van der Waals surface area contributed by atoms with Gasteiger partial charge in [0.2, 0.25) is 0 Å². The molecule has 0 unspecified atom stereocenters. The fraction of sp³-hybridized carbons (Fsp3) is 0.263. The van der Waals surface area contributed by atoms with E-state index < -0.39 is 5.72 Å². The number of methoxy groups -OCH3 is 1. The maximum absolute atomic E-state index is 12.9. The molecule has 24 heavy (non-hydrogen) atoms. The number of hydrogen-bond acceptors (Lipinski definition) is 4. The Bertz CT molecular complexity index is 756. The summed E-state index contributed by atoms with van der Waals surface area (Å²) in [6, 6.07) is 16.0. The topological polar surface area (TPSA) is 62.1 Å². The van der Waals surface area contributed by atoms with E-state index in [1.165, 1.54) is 5.01 Å². The molecule has 3 rings (SSSR count). The maximum atomic E-state index is 12.9. The first-order valence-corrected chi connectivity index (χ1v) is 7.91. The lowest BCUT2D eigenvalue weighted by Crippen LogP contribution is -2.43. The Hall–Kier alpha value is -2.66. The van der Waals surface area contributed by atoms with Crippen molar-refractivity contribution in [3.05, 3.63) is 65.7 Å². The Kier molecular flexibility index (Phi) is 4.36. The van der Waals surface area contributed by atoms with Crippen LogP contribution in [0.1, 0.15) is 35.7 Å². The molecule has 0 aliphatic carbocycles. The summed E-state index contributed by atoms with van der Waals surface area (Å²) in [4.78, 5) is 12.9. The van der Waals surface area contributed by atoms with Crippen molar-refractivity contribution >= 4 is 11.6 Å². The van der Waals surface area contributed by atoms with Crippen molar-refractivity contribution in [1.82, 2.24) is 5.01 Å². The molecule has 5 nitrogen and oxygen atoms in total. The molecular formula is C19H20N2O3. The van der Waals surface area contributed by atoms with Crippen molar-refractivity contribution < 1.29 is 14.6 Å². The van der Waals surface area contributed by atoms with Crippen LogP contribution >= 0.6 is 0 Å². The van der Waals surface area contributed by atoms with Gasteiger partial charge in [0, 0.05) is 23.3 Å². The number of aliphatic hydroxyl groups is 1. The average Bonchev–Trinajstić information content (AvgIpc) is 3.00. The summed E-state index contributed by atoms with van der Waals surface area (Å²) < 4.78 is 5.12. The number of carbonyl (C=O) groups excluding carboxylic acids is 1. The standard InChI is InChI=1S/C19H20N2O3/c1-3-16-13-19(23,15-7-5-4-6-8-15)21(20-16)18(22)14-9-11-17(24-2)12-10-14/h4-12,23H,3,13H2,1-2H3/t19-/m1/s1. The normalized spacial score (nSPS) is 20.0. The second kappa shape index (κ2) is 6.45. The lowest BCUT2D eigenvalue weighted by atomic mass is 9.96. The first-order valence-electron chi connectivity index (χ1n) is 7.91. The Labute approximate surface area is 141 Å². The van der Waals surface area contributed by atoms with Crippen molar-refractivity contribution in [2.24, 2.45) is 5.10 Å². The minimum absolute atomic E-state index is 0.315. The van der Waals surface area contributed by atoms with Crippen LogP contribution in [-0.2, 0) is 5.72 Å². The first-order chi connectivity index (χ1) is 11.6. The van der Waals surface area contributed by atoms with Gasteiger partial charge in [0.1, 0.15) is 5.75 Å². The van der Waals surface area contributed by atoms with Crippen molar-refractivity contribution in [2.45, 2.75) is 25.5 Å². The van der Waals surface area contributed by atoms with E-state index in [1.54, 1.807) is 31.4 Å². The molecule has 2 aromatic carbocycles. The third kappa shape index (κ3) is 2.78. The minimum Gasteiger partial charge on any atom is -0.497 e. The molecular weight excluding hydrogens is 304 g/mol. The average molecular weight is 324 g/mol. The van der Waals surface area contributed by atoms with Crippen LogP contribution in [0.4, 0.5) is 0 Å². The van der Waals surface area contributed by atoms with Gasteiger partial charge in [-0.25, -0.2) is 0 Å². The summed E-state index contributed by atoms with van der Waals surface area (Å²) in [6.45, 7) is 1.96. The van der Waals surface area contributed by atoms with E-state index in [0.717, 1.165) is 5.71 Å². The zero-order valence-corrected chi connectivity index (χ0v) is 13.8. The second-order valence-corrected chi connectivity index (χ2v) is 5.72. The molecule has 5 heteroatoms. The number of rotatable bonds is 4. The van der Waals surface area contributed by atoms with Gasteiger partial charge in [-0.05, 0) is 30.7 Å². The van der Waals surface area contributed by atoms with E-state index in [2.05, 4.69) is 5.10 Å². The fourth-order valence-electron chi connectivity index (χ4n) is 2.81. The molecule has 0 saturated carbocycles. The largest absolute Gasteiger partial charge is 0.497 e. The van der Waals surface area contributed by atoms with E-state index in [9.17, 15) is 9.90 Å². The summed E-state index contributed by atoms with van der Waals surface area (Å²) in [5.41, 5.74) is 0.442. The summed E-state index contributed by atoms with van der Waals surface area (Å²) in [6.07, 6.45) is 0.997. The highest BCUT2D eigenvalue weighted by atomic mass is 16.5. The van der Waals surface area contributed by atoms with Gasteiger partial charge in [0.15, 0.2) is 5.72 Å². The molecule has 0 spiro atoms. The molecule has 1 aliphatic heterocycles. The Morgan fingerprint density at radius 2 is 1.88 bits per heavy atom. The number of nitrogens with zero attached hydrogens (tertiary/aromatic N) is 2. The first kappa shape index (κ1) is 16.2. The number of hydrogen-bond donors (Lipinski definition) is 1. The fourth-order valence-corrected chi connectivity index (χ4v) is 2.81. The van der Waals surface area contributed by atoms with Gasteiger partial charge in [0.05, 0.1) is 7.11 Å². The molecule has 0 aromatic heterocycles. The Balaban J connectivity index is 1.98. The predicted octanol–water partition coefficient (Wildman–Crippen LogP) is 3.15. The number of benzene rings is 2. The van der Waals surface area contributed by atoms with Crippen LogP contribution in [0.25, 0.3) is 0 Å². The van der Waals surface area contributed by atoms with Crippen LogP contribution in [0.5, 0.6) is 5.75 Å². The van der Waals surface area contributed by atoms with E-state index in [4.69, 9.17) is 4.74 Å². The van der Waals surface area contributed by atoms with Gasteiger partial charge in [0.25, 0.3) is 5.91 Å². The van der Waals surface area contributed by atoms with E-state index in [1.807, 2.05) is 37.3 Å². The van der Waals surface area contributed by atoms with Crippen LogP contribution in [-0.4, -0.2) is 28.8 Å². The summed E-state index contributed by atoms with van der Waals surface area (Å²) in [5, 5.41) is 16.8. The molecule has 2 aromatic rings. The Morgan fingerprint density at radius 3 is 2.46 bits per heavy atom. The Morgan fingerprint density at radius 1 is 1.21 bits per heavy atom. The predicted molar refractivity (Wildman–Crippen MR) is 91.8 cm³/mol. The van der Waals surface area contributed by atoms with Crippen LogP contribution in [0.2, 0.25) is 0 Å². The van der Waals surface area contributed by atoms with Crippen LogP contribution < -0.4 is 4.74 Å². The number of ether oxygens (including phenoxy) is 1. The monoisotopic (exact) mass is 324 g/mol. The SMILES string of the molecule is CCC1=NN(C(=O)c2ccc(OC)cc2)[C@](O)(c2ccccc2)C1. The molecule has 0 radical (unpaired) electrons. The van der Waals surface area contributed by atoms with Crippen molar-refractivity contribution in [2.75, 3.05) is 7.11 Å². The number of carbonyl (C=O) groups is 1. The zero-order valence-electron chi connectivity index (χ0n) is 13.8. The van der Waals surface area contributed by atoms with Gasteiger partial charge in [-0.1, -0.05) is 37.3 Å². The van der Waals surface area contributed by atoms with Crippen molar-refractivity contribution in [3.63, 3.8) is 0 Å². The summed E-state index contributed by atoms with van der Waals surface area (Å²) >= 11 is 0. The highest BCUT2D eigenvalue weighted by Crippen LogP contribution is 2.37. The van der Waals surface area contributed by atoms with Crippen LogP contribution in [0.15, 0.2) is 59.7 Å². The lowest BCUT2D eigenvalue weighted by molar-refractivity contribution is -0.0765. The smallest absolute Gasteiger partial charge is 0.276 e. The molecule has 1 aliphatic rings. The molecule has 1 atom stereocenters. The molecule has 0 fully saturated rings. The van der Waals surface area contributed by atoms with Gasteiger partial charge in [-0.2, -0.15) is 10.1 Å². The van der Waals surface area contributed by atoms with E-state index in [0.29, 0.717) is 29.7 Å². The van der Waals surface area contributed by atoms with E-state index >= 15 is 0 Å². The van der Waals surface area contributed by atoms with Gasteiger partial charge >= 0.3 is 0 Å². The quantitative estimate of drug-likeness (QED) is 0.940.